The largest absolute Gasteiger partial charge is 0.395 e. The molecule has 0 aromatic carbocycles. The Labute approximate surface area is 112 Å². The number of aliphatic hydroxyl groups is 1. The van der Waals surface area contributed by atoms with Crippen LogP contribution in [0.1, 0.15) is 51.9 Å². The second kappa shape index (κ2) is 7.46. The van der Waals surface area contributed by atoms with Crippen LogP contribution >= 0.6 is 0 Å². The van der Waals surface area contributed by atoms with Crippen molar-refractivity contribution in [2.45, 2.75) is 64.0 Å². The molecule has 1 aliphatic carbocycles. The third-order valence-corrected chi connectivity index (χ3v) is 4.84. The summed E-state index contributed by atoms with van der Waals surface area (Å²) in [6.07, 6.45) is 9.67. The van der Waals surface area contributed by atoms with E-state index in [-0.39, 0.29) is 6.61 Å². The zero-order valence-corrected chi connectivity index (χ0v) is 11.9. The number of rotatable bonds is 6. The number of nitrogens with one attached hydrogen (secondary N) is 1. The van der Waals surface area contributed by atoms with Gasteiger partial charge in [-0.25, -0.2) is 0 Å². The molecule has 3 nitrogen and oxygen atoms in total. The van der Waals surface area contributed by atoms with Crippen LogP contribution in [0.5, 0.6) is 0 Å². The van der Waals surface area contributed by atoms with Crippen LogP contribution in [-0.2, 0) is 0 Å². The molecule has 2 rings (SSSR count). The van der Waals surface area contributed by atoms with Crippen molar-refractivity contribution < 1.29 is 5.11 Å². The molecule has 0 bridgehead atoms. The van der Waals surface area contributed by atoms with Gasteiger partial charge in [0.1, 0.15) is 0 Å². The summed E-state index contributed by atoms with van der Waals surface area (Å²) in [6.45, 7) is 5.79. The number of fused-ring (bicyclic) bond motifs is 1. The number of nitrogens with zero attached hydrogens (tertiary/aromatic N) is 1. The van der Waals surface area contributed by atoms with Gasteiger partial charge >= 0.3 is 0 Å². The molecule has 0 spiro atoms. The van der Waals surface area contributed by atoms with E-state index >= 15 is 0 Å². The van der Waals surface area contributed by atoms with Crippen LogP contribution in [0.4, 0.5) is 0 Å². The van der Waals surface area contributed by atoms with E-state index in [1.54, 1.807) is 0 Å². The minimum atomic E-state index is 0.274. The normalized spacial score (nSPS) is 31.0. The highest BCUT2D eigenvalue weighted by Gasteiger charge is 2.32. The minimum absolute atomic E-state index is 0.274. The van der Waals surface area contributed by atoms with Gasteiger partial charge in [-0.3, -0.25) is 0 Å². The minimum Gasteiger partial charge on any atom is -0.395 e. The van der Waals surface area contributed by atoms with E-state index in [4.69, 9.17) is 0 Å². The van der Waals surface area contributed by atoms with Crippen molar-refractivity contribution in [3.05, 3.63) is 0 Å². The maximum Gasteiger partial charge on any atom is 0.0585 e. The molecule has 0 amide bonds. The van der Waals surface area contributed by atoms with Crippen molar-refractivity contribution in [1.29, 1.82) is 0 Å². The van der Waals surface area contributed by atoms with Crippen molar-refractivity contribution in [1.82, 2.24) is 10.2 Å². The van der Waals surface area contributed by atoms with Gasteiger partial charge in [0.2, 0.25) is 0 Å². The number of likely N-dealkylation sites (tertiary alicyclic amines) is 1. The second-order valence-electron chi connectivity index (χ2n) is 6.02. The first kappa shape index (κ1) is 14.3. The van der Waals surface area contributed by atoms with E-state index in [2.05, 4.69) is 17.1 Å². The predicted molar refractivity (Wildman–Crippen MR) is 75.7 cm³/mol. The fourth-order valence-corrected chi connectivity index (χ4v) is 3.87. The number of piperidine rings is 1. The summed E-state index contributed by atoms with van der Waals surface area (Å²) in [5.41, 5.74) is 0. The van der Waals surface area contributed by atoms with Gasteiger partial charge in [-0.05, 0) is 51.1 Å². The zero-order chi connectivity index (χ0) is 12.8. The Morgan fingerprint density at radius 3 is 2.78 bits per heavy atom. The SMILES string of the molecule is CCNC(CO)CCN1CCCC2CCCCC21. The average Bonchev–Trinajstić information content (AvgIpc) is 2.43. The maximum absolute atomic E-state index is 9.34. The van der Waals surface area contributed by atoms with Crippen LogP contribution in [0.25, 0.3) is 0 Å². The molecule has 0 aromatic heterocycles. The smallest absolute Gasteiger partial charge is 0.0585 e. The number of hydrogen-bond donors (Lipinski definition) is 2. The van der Waals surface area contributed by atoms with Gasteiger partial charge in [0, 0.05) is 18.6 Å². The lowest BCUT2D eigenvalue weighted by Gasteiger charge is -2.44. The van der Waals surface area contributed by atoms with Crippen LogP contribution in [0.3, 0.4) is 0 Å². The molecule has 0 aromatic rings. The number of aliphatic hydroxyl groups excluding tert-OH is 1. The van der Waals surface area contributed by atoms with Gasteiger partial charge in [0.25, 0.3) is 0 Å². The highest BCUT2D eigenvalue weighted by molar-refractivity contribution is 4.87. The van der Waals surface area contributed by atoms with Crippen molar-refractivity contribution >= 4 is 0 Å². The standard InChI is InChI=1S/C15H30N2O/c1-2-16-14(12-18)9-11-17-10-5-7-13-6-3-4-8-15(13)17/h13-16,18H,2-12H2,1H3. The molecule has 106 valence electrons. The van der Waals surface area contributed by atoms with Gasteiger partial charge < -0.3 is 15.3 Å². The van der Waals surface area contributed by atoms with Crippen molar-refractivity contribution in [2.75, 3.05) is 26.2 Å². The Kier molecular flexibility index (Phi) is 5.93. The Morgan fingerprint density at radius 1 is 1.22 bits per heavy atom. The van der Waals surface area contributed by atoms with E-state index in [1.807, 2.05) is 0 Å². The Bertz CT molecular complexity index is 233. The summed E-state index contributed by atoms with van der Waals surface area (Å²) < 4.78 is 0. The predicted octanol–water partition coefficient (Wildman–Crippen LogP) is 2.00. The molecule has 2 fully saturated rings. The van der Waals surface area contributed by atoms with E-state index in [9.17, 15) is 5.11 Å². The van der Waals surface area contributed by atoms with Crippen molar-refractivity contribution in [2.24, 2.45) is 5.92 Å². The lowest BCUT2D eigenvalue weighted by Crippen LogP contribution is -2.48. The molecular formula is C15H30N2O. The van der Waals surface area contributed by atoms with Crippen molar-refractivity contribution in [3.8, 4) is 0 Å². The summed E-state index contributed by atoms with van der Waals surface area (Å²) in [7, 11) is 0. The highest BCUT2D eigenvalue weighted by Crippen LogP contribution is 2.35. The highest BCUT2D eigenvalue weighted by atomic mass is 16.3. The summed E-state index contributed by atoms with van der Waals surface area (Å²) in [6, 6.07) is 1.15. The second-order valence-corrected chi connectivity index (χ2v) is 6.02. The van der Waals surface area contributed by atoms with Crippen LogP contribution in [-0.4, -0.2) is 48.3 Å². The first-order chi connectivity index (χ1) is 8.85. The van der Waals surface area contributed by atoms with Gasteiger partial charge in [0.05, 0.1) is 6.61 Å². The first-order valence-corrected chi connectivity index (χ1v) is 7.93. The van der Waals surface area contributed by atoms with Gasteiger partial charge in [-0.1, -0.05) is 19.8 Å². The van der Waals surface area contributed by atoms with E-state index < -0.39 is 0 Å². The molecule has 1 heterocycles. The lowest BCUT2D eigenvalue weighted by molar-refractivity contribution is 0.0556. The first-order valence-electron chi connectivity index (χ1n) is 7.93. The quantitative estimate of drug-likeness (QED) is 0.761. The lowest BCUT2D eigenvalue weighted by atomic mass is 9.78. The Balaban J connectivity index is 1.79. The van der Waals surface area contributed by atoms with Gasteiger partial charge in [-0.15, -0.1) is 0 Å². The number of hydrogen-bond acceptors (Lipinski definition) is 3. The monoisotopic (exact) mass is 254 g/mol. The topological polar surface area (TPSA) is 35.5 Å². The number of likely N-dealkylation sites (N-methyl/N-ethyl adjacent to an activating group) is 1. The molecule has 1 saturated heterocycles. The maximum atomic E-state index is 9.34. The fourth-order valence-electron chi connectivity index (χ4n) is 3.87. The van der Waals surface area contributed by atoms with Crippen LogP contribution in [0.15, 0.2) is 0 Å². The van der Waals surface area contributed by atoms with Crippen molar-refractivity contribution in [3.63, 3.8) is 0 Å². The van der Waals surface area contributed by atoms with Gasteiger partial charge in [-0.2, -0.15) is 0 Å². The van der Waals surface area contributed by atoms with Crippen LogP contribution < -0.4 is 5.32 Å². The third-order valence-electron chi connectivity index (χ3n) is 4.84. The molecule has 1 aliphatic heterocycles. The molecule has 18 heavy (non-hydrogen) atoms. The third kappa shape index (κ3) is 3.69. The molecule has 3 unspecified atom stereocenters. The van der Waals surface area contributed by atoms with Gasteiger partial charge in [0.15, 0.2) is 0 Å². The summed E-state index contributed by atoms with van der Waals surface area (Å²) >= 11 is 0. The Hall–Kier alpha value is -0.120. The fraction of sp³-hybridized carbons (Fsp3) is 1.00. The molecule has 0 radical (unpaired) electrons. The van der Waals surface area contributed by atoms with Crippen LogP contribution in [0.2, 0.25) is 0 Å². The average molecular weight is 254 g/mol. The molecule has 2 aliphatic rings. The molecular weight excluding hydrogens is 224 g/mol. The molecule has 2 N–H and O–H groups in total. The van der Waals surface area contributed by atoms with Crippen LogP contribution in [0, 0.1) is 5.92 Å². The molecule has 3 heteroatoms. The summed E-state index contributed by atoms with van der Waals surface area (Å²) in [4.78, 5) is 2.72. The van der Waals surface area contributed by atoms with E-state index in [0.717, 1.165) is 24.9 Å². The summed E-state index contributed by atoms with van der Waals surface area (Å²) in [5, 5.41) is 12.7. The van der Waals surface area contributed by atoms with E-state index in [0.29, 0.717) is 6.04 Å². The zero-order valence-electron chi connectivity index (χ0n) is 11.9. The molecule has 3 atom stereocenters. The molecule has 1 saturated carbocycles. The van der Waals surface area contributed by atoms with E-state index in [1.165, 1.54) is 51.6 Å². The Morgan fingerprint density at radius 2 is 2.00 bits per heavy atom. The summed E-state index contributed by atoms with van der Waals surface area (Å²) in [5.74, 6) is 0.971.